The number of hydroxylamine groups is 1. The highest BCUT2D eigenvalue weighted by Gasteiger charge is 2.22. The van der Waals surface area contributed by atoms with E-state index in [1.165, 1.54) is 7.11 Å². The third-order valence-corrected chi connectivity index (χ3v) is 1.42. The van der Waals surface area contributed by atoms with Crippen LogP contribution >= 0.6 is 0 Å². The first-order chi connectivity index (χ1) is 4.84. The number of nitrogens with one attached hydrogen (secondary N) is 1. The molecule has 0 aromatic rings. The molecule has 1 N–H and O–H groups in total. The van der Waals surface area contributed by atoms with Crippen LogP contribution in [0.25, 0.3) is 0 Å². The van der Waals surface area contributed by atoms with E-state index in [0.29, 0.717) is 6.61 Å². The van der Waals surface area contributed by atoms with Crippen LogP contribution in [0.3, 0.4) is 0 Å². The molecule has 1 aliphatic heterocycles. The number of ether oxygens (including phenoxy) is 1. The van der Waals surface area contributed by atoms with Crippen LogP contribution in [-0.2, 0) is 14.4 Å². The van der Waals surface area contributed by atoms with Gasteiger partial charge in [-0.05, 0) is 12.8 Å². The molecule has 1 atom stereocenters. The summed E-state index contributed by atoms with van der Waals surface area (Å²) in [5.74, 6) is -0.181. The highest BCUT2D eigenvalue weighted by atomic mass is 16.6. The number of carbonyl (C=O) groups is 1. The van der Waals surface area contributed by atoms with Crippen LogP contribution in [-0.4, -0.2) is 25.7 Å². The summed E-state index contributed by atoms with van der Waals surface area (Å²) >= 11 is 0. The lowest BCUT2D eigenvalue weighted by Gasteiger charge is -2.06. The van der Waals surface area contributed by atoms with E-state index in [1.54, 1.807) is 0 Å². The third kappa shape index (κ3) is 1.68. The fraction of sp³-hybridized carbons (Fsp3) is 0.833. The number of amides is 1. The summed E-state index contributed by atoms with van der Waals surface area (Å²) in [6.07, 6.45) is 1.47. The zero-order valence-corrected chi connectivity index (χ0v) is 5.92. The Morgan fingerprint density at radius 2 is 2.60 bits per heavy atom. The predicted octanol–water partition coefficient (Wildman–Crippen LogP) is -0.157. The van der Waals surface area contributed by atoms with E-state index >= 15 is 0 Å². The zero-order valence-electron chi connectivity index (χ0n) is 5.92. The molecule has 1 fully saturated rings. The van der Waals surface area contributed by atoms with E-state index in [-0.39, 0.29) is 12.0 Å². The van der Waals surface area contributed by atoms with Gasteiger partial charge >= 0.3 is 0 Å². The number of hydrogen-bond donors (Lipinski definition) is 1. The van der Waals surface area contributed by atoms with Crippen LogP contribution < -0.4 is 5.48 Å². The number of carbonyl (C=O) groups excluding carboxylic acids is 1. The van der Waals surface area contributed by atoms with Crippen LogP contribution in [0.1, 0.15) is 12.8 Å². The summed E-state index contributed by atoms with van der Waals surface area (Å²) in [5.41, 5.74) is 2.22. The van der Waals surface area contributed by atoms with Gasteiger partial charge in [-0.1, -0.05) is 0 Å². The Kier molecular flexibility index (Phi) is 2.65. The first kappa shape index (κ1) is 7.50. The molecule has 0 saturated carbocycles. The maximum Gasteiger partial charge on any atom is 0.272 e. The van der Waals surface area contributed by atoms with Crippen LogP contribution in [0.15, 0.2) is 0 Å². The van der Waals surface area contributed by atoms with Crippen LogP contribution in [0.4, 0.5) is 0 Å². The molecule has 1 aliphatic rings. The van der Waals surface area contributed by atoms with E-state index < -0.39 is 0 Å². The monoisotopic (exact) mass is 145 g/mol. The fourth-order valence-electron chi connectivity index (χ4n) is 0.951. The summed E-state index contributed by atoms with van der Waals surface area (Å²) in [6.45, 7) is 0.682. The van der Waals surface area contributed by atoms with Crippen molar-refractivity contribution in [1.29, 1.82) is 0 Å². The summed E-state index contributed by atoms with van der Waals surface area (Å²) in [6, 6.07) is 0. The topological polar surface area (TPSA) is 47.6 Å². The summed E-state index contributed by atoms with van der Waals surface area (Å²) in [4.78, 5) is 15.3. The molecule has 0 aromatic carbocycles. The predicted molar refractivity (Wildman–Crippen MR) is 34.1 cm³/mol. The fourth-order valence-corrected chi connectivity index (χ4v) is 0.951. The van der Waals surface area contributed by atoms with Gasteiger partial charge in [-0.2, -0.15) is 0 Å². The third-order valence-electron chi connectivity index (χ3n) is 1.42. The second-order valence-electron chi connectivity index (χ2n) is 2.17. The van der Waals surface area contributed by atoms with Crippen LogP contribution in [0.2, 0.25) is 0 Å². The lowest BCUT2D eigenvalue weighted by Crippen LogP contribution is -2.33. The van der Waals surface area contributed by atoms with Gasteiger partial charge in [0.05, 0.1) is 7.11 Å². The molecule has 0 spiro atoms. The molecule has 0 radical (unpaired) electrons. The number of rotatable bonds is 2. The first-order valence-electron chi connectivity index (χ1n) is 3.29. The normalized spacial score (nSPS) is 24.7. The van der Waals surface area contributed by atoms with E-state index in [4.69, 9.17) is 4.74 Å². The molecule has 1 rings (SSSR count). The molecule has 0 bridgehead atoms. The zero-order chi connectivity index (χ0) is 7.40. The van der Waals surface area contributed by atoms with Crippen molar-refractivity contribution in [3.8, 4) is 0 Å². The summed E-state index contributed by atoms with van der Waals surface area (Å²) in [7, 11) is 1.41. The summed E-state index contributed by atoms with van der Waals surface area (Å²) in [5, 5.41) is 0. The minimum Gasteiger partial charge on any atom is -0.368 e. The van der Waals surface area contributed by atoms with Crippen molar-refractivity contribution < 1.29 is 14.4 Å². The van der Waals surface area contributed by atoms with Crippen molar-refractivity contribution in [3.63, 3.8) is 0 Å². The van der Waals surface area contributed by atoms with Gasteiger partial charge in [0.1, 0.15) is 6.10 Å². The molecule has 1 saturated heterocycles. The Balaban J connectivity index is 2.25. The van der Waals surface area contributed by atoms with E-state index in [1.807, 2.05) is 0 Å². The van der Waals surface area contributed by atoms with Gasteiger partial charge in [-0.15, -0.1) is 0 Å². The molecule has 0 aliphatic carbocycles. The Morgan fingerprint density at radius 3 is 3.10 bits per heavy atom. The summed E-state index contributed by atoms with van der Waals surface area (Å²) < 4.78 is 5.08. The van der Waals surface area contributed by atoms with Crippen molar-refractivity contribution in [2.45, 2.75) is 18.9 Å². The van der Waals surface area contributed by atoms with Crippen molar-refractivity contribution in [2.24, 2.45) is 0 Å². The Hall–Kier alpha value is -0.610. The van der Waals surface area contributed by atoms with E-state index in [9.17, 15) is 4.79 Å². The Labute approximate surface area is 59.5 Å². The van der Waals surface area contributed by atoms with Gasteiger partial charge in [0.2, 0.25) is 0 Å². The van der Waals surface area contributed by atoms with Gasteiger partial charge in [0.25, 0.3) is 5.91 Å². The molecular weight excluding hydrogens is 134 g/mol. The highest BCUT2D eigenvalue weighted by Crippen LogP contribution is 2.11. The molecule has 58 valence electrons. The molecular formula is C6H11NO3. The first-order valence-corrected chi connectivity index (χ1v) is 3.29. The lowest BCUT2D eigenvalue weighted by atomic mass is 10.2. The quantitative estimate of drug-likeness (QED) is 0.549. The average Bonchev–Trinajstić information content (AvgIpc) is 2.38. The largest absolute Gasteiger partial charge is 0.368 e. The van der Waals surface area contributed by atoms with Crippen molar-refractivity contribution in [1.82, 2.24) is 5.48 Å². The SMILES string of the molecule is CONC(=O)[C@@H]1CCCO1. The van der Waals surface area contributed by atoms with E-state index in [2.05, 4.69) is 10.3 Å². The molecule has 4 heteroatoms. The highest BCUT2D eigenvalue weighted by molar-refractivity contribution is 5.79. The molecule has 0 aromatic heterocycles. The van der Waals surface area contributed by atoms with Crippen molar-refractivity contribution in [2.75, 3.05) is 13.7 Å². The minimum atomic E-state index is -0.292. The number of hydrogen-bond acceptors (Lipinski definition) is 3. The van der Waals surface area contributed by atoms with Gasteiger partial charge in [-0.3, -0.25) is 9.63 Å². The van der Waals surface area contributed by atoms with Crippen LogP contribution in [0, 0.1) is 0 Å². The molecule has 1 amide bonds. The van der Waals surface area contributed by atoms with Gasteiger partial charge in [0, 0.05) is 6.61 Å². The Morgan fingerprint density at radius 1 is 1.80 bits per heavy atom. The average molecular weight is 145 g/mol. The van der Waals surface area contributed by atoms with Gasteiger partial charge in [-0.25, -0.2) is 5.48 Å². The van der Waals surface area contributed by atoms with Crippen LogP contribution in [0.5, 0.6) is 0 Å². The molecule has 4 nitrogen and oxygen atoms in total. The molecule has 0 unspecified atom stereocenters. The Bertz CT molecular complexity index is 120. The van der Waals surface area contributed by atoms with Gasteiger partial charge < -0.3 is 4.74 Å². The maximum atomic E-state index is 10.9. The molecule has 10 heavy (non-hydrogen) atoms. The second kappa shape index (κ2) is 3.53. The minimum absolute atomic E-state index is 0.181. The second-order valence-corrected chi connectivity index (χ2v) is 2.17. The lowest BCUT2D eigenvalue weighted by molar-refractivity contribution is -0.140. The maximum absolute atomic E-state index is 10.9. The van der Waals surface area contributed by atoms with Crippen molar-refractivity contribution >= 4 is 5.91 Å². The van der Waals surface area contributed by atoms with E-state index in [0.717, 1.165) is 12.8 Å². The molecule has 1 heterocycles. The standard InChI is InChI=1S/C6H11NO3/c1-9-7-6(8)5-3-2-4-10-5/h5H,2-4H2,1H3,(H,7,8)/t5-/m0/s1. The smallest absolute Gasteiger partial charge is 0.272 e. The van der Waals surface area contributed by atoms with Gasteiger partial charge in [0.15, 0.2) is 0 Å². The van der Waals surface area contributed by atoms with Crippen molar-refractivity contribution in [3.05, 3.63) is 0 Å².